The Hall–Kier alpha value is -3.15. The standard InChI is InChI=1S/C33H44N2O7Si/c1-24-20-35(31(38)34-29(24)37)30-28(36)33(40-22-26-16-11-8-12-17-26,18-13-19-41-43(5,6)32(2,3)4)27(42-30)23-39-21-25-14-9-7-10-15-25/h7-12,14-17,20,27,30H,13,18-19,21-23H2,1-6H3,(H,34,37,38)/t27-,30-,33-/m1/s1. The lowest BCUT2D eigenvalue weighted by molar-refractivity contribution is -0.154. The molecule has 4 rings (SSSR count). The van der Waals surface area contributed by atoms with E-state index < -0.39 is 43.3 Å². The van der Waals surface area contributed by atoms with E-state index in [4.69, 9.17) is 18.6 Å². The number of aryl methyl sites for hydroxylation is 1. The predicted octanol–water partition coefficient (Wildman–Crippen LogP) is 5.29. The highest BCUT2D eigenvalue weighted by Crippen LogP contribution is 2.41. The molecule has 1 aliphatic rings. The Kier molecular flexibility index (Phi) is 10.4. The number of nitrogens with one attached hydrogen (secondary N) is 1. The minimum Gasteiger partial charge on any atom is -0.417 e. The van der Waals surface area contributed by atoms with Gasteiger partial charge >= 0.3 is 5.69 Å². The molecule has 43 heavy (non-hydrogen) atoms. The summed E-state index contributed by atoms with van der Waals surface area (Å²) in [6, 6.07) is 19.3. The van der Waals surface area contributed by atoms with Gasteiger partial charge in [-0.2, -0.15) is 0 Å². The molecule has 0 unspecified atom stereocenters. The molecule has 1 aromatic heterocycles. The van der Waals surface area contributed by atoms with Crippen molar-refractivity contribution in [1.82, 2.24) is 9.55 Å². The molecule has 0 saturated carbocycles. The van der Waals surface area contributed by atoms with E-state index in [0.717, 1.165) is 15.7 Å². The normalized spacial score (nSPS) is 20.9. The minimum atomic E-state index is -2.02. The molecule has 3 aromatic rings. The summed E-state index contributed by atoms with van der Waals surface area (Å²) in [5, 5.41) is 0.0446. The molecule has 1 fully saturated rings. The number of ether oxygens (including phenoxy) is 3. The predicted molar refractivity (Wildman–Crippen MR) is 167 cm³/mol. The number of rotatable bonds is 13. The minimum absolute atomic E-state index is 0.0446. The van der Waals surface area contributed by atoms with E-state index in [-0.39, 0.29) is 18.3 Å². The van der Waals surface area contributed by atoms with Crippen LogP contribution in [0.2, 0.25) is 18.1 Å². The molecule has 2 heterocycles. The van der Waals surface area contributed by atoms with Crippen LogP contribution in [0.15, 0.2) is 76.4 Å². The van der Waals surface area contributed by atoms with Crippen LogP contribution in [0.1, 0.15) is 56.5 Å². The average molecular weight is 609 g/mol. The molecule has 1 aliphatic heterocycles. The topological polar surface area (TPSA) is 109 Å². The Morgan fingerprint density at radius 2 is 1.56 bits per heavy atom. The van der Waals surface area contributed by atoms with Crippen molar-refractivity contribution in [1.29, 1.82) is 0 Å². The second-order valence-corrected chi connectivity index (χ2v) is 17.5. The largest absolute Gasteiger partial charge is 0.417 e. The molecule has 10 heteroatoms. The van der Waals surface area contributed by atoms with Gasteiger partial charge < -0.3 is 18.6 Å². The van der Waals surface area contributed by atoms with Gasteiger partial charge in [-0.1, -0.05) is 81.4 Å². The summed E-state index contributed by atoms with van der Waals surface area (Å²) < 4.78 is 26.6. The zero-order valence-corrected chi connectivity index (χ0v) is 27.1. The van der Waals surface area contributed by atoms with Crippen molar-refractivity contribution >= 4 is 14.1 Å². The lowest BCUT2D eigenvalue weighted by Crippen LogP contribution is -2.50. The van der Waals surface area contributed by atoms with Crippen LogP contribution >= 0.6 is 0 Å². The lowest BCUT2D eigenvalue weighted by Gasteiger charge is -2.37. The van der Waals surface area contributed by atoms with E-state index in [2.05, 4.69) is 38.8 Å². The van der Waals surface area contributed by atoms with E-state index in [1.165, 1.54) is 6.20 Å². The van der Waals surface area contributed by atoms with Gasteiger partial charge in [0.2, 0.25) is 12.0 Å². The zero-order valence-electron chi connectivity index (χ0n) is 26.1. The van der Waals surface area contributed by atoms with Crippen LogP contribution in [0.5, 0.6) is 0 Å². The zero-order chi connectivity index (χ0) is 31.3. The Bertz CT molecular complexity index is 1480. The first-order valence-corrected chi connectivity index (χ1v) is 17.7. The number of hydrogen-bond acceptors (Lipinski definition) is 7. The first-order chi connectivity index (χ1) is 20.3. The number of carbonyl (C=O) groups is 1. The quantitative estimate of drug-likeness (QED) is 0.208. The smallest absolute Gasteiger partial charge is 0.330 e. The summed E-state index contributed by atoms with van der Waals surface area (Å²) in [6.45, 7) is 13.5. The third-order valence-corrected chi connectivity index (χ3v) is 13.1. The molecule has 0 spiro atoms. The maximum Gasteiger partial charge on any atom is 0.330 e. The Morgan fingerprint density at radius 3 is 2.16 bits per heavy atom. The fourth-order valence-electron chi connectivity index (χ4n) is 4.86. The van der Waals surface area contributed by atoms with Gasteiger partial charge in [0.05, 0.1) is 19.8 Å². The van der Waals surface area contributed by atoms with Crippen molar-refractivity contribution in [3.8, 4) is 0 Å². The summed E-state index contributed by atoms with van der Waals surface area (Å²) >= 11 is 0. The van der Waals surface area contributed by atoms with E-state index >= 15 is 0 Å². The van der Waals surface area contributed by atoms with Crippen LogP contribution in [0.25, 0.3) is 0 Å². The van der Waals surface area contributed by atoms with E-state index in [1.807, 2.05) is 60.7 Å². The second-order valence-electron chi connectivity index (χ2n) is 12.7. The van der Waals surface area contributed by atoms with E-state index in [9.17, 15) is 14.4 Å². The third kappa shape index (κ3) is 7.68. The van der Waals surface area contributed by atoms with Crippen molar-refractivity contribution in [2.75, 3.05) is 13.2 Å². The molecule has 9 nitrogen and oxygen atoms in total. The summed E-state index contributed by atoms with van der Waals surface area (Å²) in [4.78, 5) is 41.7. The number of benzene rings is 2. The number of Topliss-reactive ketones (excluding diaryl/α,β-unsaturated/α-hetero) is 1. The van der Waals surface area contributed by atoms with Gasteiger partial charge in [0, 0.05) is 18.4 Å². The van der Waals surface area contributed by atoms with Crippen LogP contribution in [-0.4, -0.2) is 48.6 Å². The molecule has 0 radical (unpaired) electrons. The summed E-state index contributed by atoms with van der Waals surface area (Å²) in [5.74, 6) is -0.391. The highest BCUT2D eigenvalue weighted by Gasteiger charge is 2.58. The molecular weight excluding hydrogens is 564 g/mol. The van der Waals surface area contributed by atoms with Gasteiger partial charge in [-0.15, -0.1) is 0 Å². The van der Waals surface area contributed by atoms with Crippen molar-refractivity contribution in [2.45, 2.75) is 89.8 Å². The molecule has 0 amide bonds. The van der Waals surface area contributed by atoms with Crippen molar-refractivity contribution < 1.29 is 23.4 Å². The molecule has 1 N–H and O–H groups in total. The molecule has 0 aliphatic carbocycles. The van der Waals surface area contributed by atoms with Crippen LogP contribution in [0.4, 0.5) is 0 Å². The number of aromatic nitrogens is 2. The van der Waals surface area contributed by atoms with Crippen LogP contribution in [0, 0.1) is 6.92 Å². The molecule has 232 valence electrons. The molecule has 2 aromatic carbocycles. The van der Waals surface area contributed by atoms with Gasteiger partial charge in [-0.3, -0.25) is 19.1 Å². The number of carbonyl (C=O) groups excluding carboxylic acids is 1. The summed E-state index contributed by atoms with van der Waals surface area (Å²) in [6.07, 6.45) is 0.104. The first-order valence-electron chi connectivity index (χ1n) is 14.8. The lowest BCUT2D eigenvalue weighted by atomic mass is 9.88. The van der Waals surface area contributed by atoms with Gasteiger partial charge in [-0.25, -0.2) is 4.79 Å². The van der Waals surface area contributed by atoms with Crippen LogP contribution in [0.3, 0.4) is 0 Å². The highest BCUT2D eigenvalue weighted by atomic mass is 28.4. The molecular formula is C33H44N2O7Si. The fourth-order valence-corrected chi connectivity index (χ4v) is 5.95. The highest BCUT2D eigenvalue weighted by molar-refractivity contribution is 6.74. The summed E-state index contributed by atoms with van der Waals surface area (Å²) in [5.41, 5.74) is -0.483. The number of aromatic amines is 1. The number of nitrogens with zero attached hydrogens (tertiary/aromatic N) is 1. The fraction of sp³-hybridized carbons (Fsp3) is 0.485. The first kappa shape index (κ1) is 32.8. The van der Waals surface area contributed by atoms with Crippen LogP contribution in [-0.2, 0) is 36.6 Å². The van der Waals surface area contributed by atoms with Crippen molar-refractivity contribution in [2.24, 2.45) is 0 Å². The monoisotopic (exact) mass is 608 g/mol. The molecule has 1 saturated heterocycles. The summed E-state index contributed by atoms with van der Waals surface area (Å²) in [7, 11) is -2.02. The Labute approximate surface area is 254 Å². The number of hydrogen-bond donors (Lipinski definition) is 1. The van der Waals surface area contributed by atoms with Crippen LogP contribution < -0.4 is 11.2 Å². The molecule has 0 bridgehead atoms. The van der Waals surface area contributed by atoms with E-state index in [1.54, 1.807) is 6.92 Å². The maximum absolute atomic E-state index is 14.4. The van der Waals surface area contributed by atoms with Gasteiger partial charge in [0.25, 0.3) is 5.56 Å². The second kappa shape index (κ2) is 13.7. The number of H-pyrrole nitrogens is 1. The van der Waals surface area contributed by atoms with Crippen molar-refractivity contribution in [3.05, 3.63) is 104 Å². The van der Waals surface area contributed by atoms with Gasteiger partial charge in [0.15, 0.2) is 13.9 Å². The number of ketones is 1. The van der Waals surface area contributed by atoms with E-state index in [0.29, 0.717) is 31.6 Å². The van der Waals surface area contributed by atoms with Crippen molar-refractivity contribution in [3.63, 3.8) is 0 Å². The Balaban J connectivity index is 1.66. The average Bonchev–Trinajstić information content (AvgIpc) is 3.23. The Morgan fingerprint density at radius 1 is 0.953 bits per heavy atom. The maximum atomic E-state index is 14.4. The molecule has 3 atom stereocenters. The SMILES string of the molecule is Cc1cn([C@@H]2O[C@H](COCc3ccccc3)[C@@](CCCO[Si](C)(C)C(C)(C)C)(OCc3ccccc3)C2=O)c(=O)[nH]c1=O. The van der Waals surface area contributed by atoms with Gasteiger partial charge in [-0.05, 0) is 49.0 Å². The van der Waals surface area contributed by atoms with Gasteiger partial charge in [0.1, 0.15) is 6.10 Å². The third-order valence-electron chi connectivity index (χ3n) is 8.53.